The van der Waals surface area contributed by atoms with Crippen molar-refractivity contribution in [1.29, 1.82) is 5.26 Å². The van der Waals surface area contributed by atoms with Crippen LogP contribution in [-0.2, 0) is 9.53 Å². The molecule has 33 heavy (non-hydrogen) atoms. The average Bonchev–Trinajstić information content (AvgIpc) is 3.16. The molecule has 0 saturated carbocycles. The number of nitrogens with zero attached hydrogens (tertiary/aromatic N) is 3. The van der Waals surface area contributed by atoms with E-state index in [1.807, 2.05) is 54.6 Å². The summed E-state index contributed by atoms with van der Waals surface area (Å²) >= 11 is 1.17. The topological polar surface area (TPSA) is 75.3 Å². The van der Waals surface area contributed by atoms with Crippen molar-refractivity contribution in [1.82, 2.24) is 9.47 Å². The summed E-state index contributed by atoms with van der Waals surface area (Å²) in [4.78, 5) is 28.3. The minimum absolute atomic E-state index is 0.0281. The summed E-state index contributed by atoms with van der Waals surface area (Å²) in [5.74, 6) is -0.0234. The normalized spacial score (nSPS) is 15.5. The van der Waals surface area contributed by atoms with Gasteiger partial charge in [-0.15, -0.1) is 11.3 Å². The molecule has 1 fully saturated rings. The molecule has 2 aromatic carbocycles. The molecule has 1 amide bonds. The number of benzene rings is 2. The van der Waals surface area contributed by atoms with E-state index in [1.54, 1.807) is 11.0 Å². The van der Waals surface area contributed by atoms with Gasteiger partial charge < -0.3 is 9.64 Å². The van der Waals surface area contributed by atoms with Crippen molar-refractivity contribution in [3.8, 4) is 11.8 Å². The fraction of sp³-hybridized carbons (Fsp3) is 0.269. The lowest BCUT2D eigenvalue weighted by Gasteiger charge is -2.26. The van der Waals surface area contributed by atoms with Crippen LogP contribution in [0.4, 0.5) is 0 Å². The zero-order valence-corrected chi connectivity index (χ0v) is 19.5. The van der Waals surface area contributed by atoms with E-state index in [0.717, 1.165) is 11.1 Å². The molecule has 4 rings (SSSR count). The van der Waals surface area contributed by atoms with E-state index < -0.39 is 0 Å². The minimum atomic E-state index is -0.374. The predicted molar refractivity (Wildman–Crippen MR) is 130 cm³/mol. The van der Waals surface area contributed by atoms with Crippen LogP contribution in [0.3, 0.4) is 0 Å². The Morgan fingerprint density at radius 1 is 1.09 bits per heavy atom. The van der Waals surface area contributed by atoms with Gasteiger partial charge in [0.05, 0.1) is 23.4 Å². The number of hydrogen-bond acceptors (Lipinski definition) is 5. The Bertz CT molecular complexity index is 1360. The summed E-state index contributed by atoms with van der Waals surface area (Å²) in [7, 11) is 0. The number of rotatable bonds is 4. The molecule has 1 aliphatic heterocycles. The molecule has 1 aromatic heterocycles. The highest BCUT2D eigenvalue weighted by Crippen LogP contribution is 2.16. The number of ether oxygens (including phenoxy) is 1. The fourth-order valence-electron chi connectivity index (χ4n) is 3.71. The molecule has 2 heterocycles. The second kappa shape index (κ2) is 9.99. The van der Waals surface area contributed by atoms with Gasteiger partial charge in [-0.25, -0.2) is 0 Å². The summed E-state index contributed by atoms with van der Waals surface area (Å²) in [6.07, 6.45) is 1.80. The van der Waals surface area contributed by atoms with Crippen molar-refractivity contribution in [3.05, 3.63) is 85.3 Å². The average molecular weight is 460 g/mol. The van der Waals surface area contributed by atoms with Crippen LogP contribution in [0.5, 0.6) is 0 Å². The molecule has 7 heteroatoms. The molecule has 168 valence electrons. The van der Waals surface area contributed by atoms with Crippen molar-refractivity contribution in [2.75, 3.05) is 26.3 Å². The van der Waals surface area contributed by atoms with Crippen molar-refractivity contribution >= 4 is 28.9 Å². The third-order valence-electron chi connectivity index (χ3n) is 5.58. The number of morpholine rings is 1. The van der Waals surface area contributed by atoms with Crippen molar-refractivity contribution in [2.45, 2.75) is 19.8 Å². The van der Waals surface area contributed by atoms with Gasteiger partial charge in [-0.05, 0) is 35.3 Å². The van der Waals surface area contributed by atoms with Crippen molar-refractivity contribution in [3.63, 3.8) is 0 Å². The third-order valence-corrected chi connectivity index (χ3v) is 6.67. The van der Waals surface area contributed by atoms with Gasteiger partial charge in [0, 0.05) is 13.1 Å². The molecule has 0 unspecified atom stereocenters. The number of nitriles is 1. The number of aromatic nitrogens is 1. The van der Waals surface area contributed by atoms with Gasteiger partial charge in [0.25, 0.3) is 11.5 Å². The lowest BCUT2D eigenvalue weighted by molar-refractivity contribution is -0.128. The van der Waals surface area contributed by atoms with Crippen LogP contribution in [-0.4, -0.2) is 41.7 Å². The summed E-state index contributed by atoms with van der Waals surface area (Å²) in [6.45, 7) is 5.92. The lowest BCUT2D eigenvalue weighted by atomic mass is 10.0. The maximum Gasteiger partial charge on any atom is 0.273 e. The number of hydrogen-bond donors (Lipinski definition) is 0. The molecule has 0 atom stereocenters. The Morgan fingerprint density at radius 3 is 2.36 bits per heavy atom. The van der Waals surface area contributed by atoms with Crippen molar-refractivity contribution < 1.29 is 9.53 Å². The first-order chi connectivity index (χ1) is 16.0. The molecular weight excluding hydrogens is 434 g/mol. The minimum Gasteiger partial charge on any atom is -0.378 e. The lowest BCUT2D eigenvalue weighted by Crippen LogP contribution is -2.42. The highest BCUT2D eigenvalue weighted by Gasteiger charge is 2.24. The van der Waals surface area contributed by atoms with E-state index in [0.29, 0.717) is 47.1 Å². The van der Waals surface area contributed by atoms with Crippen LogP contribution < -0.4 is 14.8 Å². The van der Waals surface area contributed by atoms with E-state index in [1.165, 1.54) is 15.9 Å². The second-order valence-corrected chi connectivity index (χ2v) is 9.14. The third kappa shape index (κ3) is 4.82. The maximum absolute atomic E-state index is 13.5. The highest BCUT2D eigenvalue weighted by atomic mass is 32.1. The fourth-order valence-corrected chi connectivity index (χ4v) is 4.80. The van der Waals surface area contributed by atoms with Crippen LogP contribution >= 0.6 is 11.3 Å². The van der Waals surface area contributed by atoms with Gasteiger partial charge >= 0.3 is 0 Å². The molecule has 1 saturated heterocycles. The number of carbonyl (C=O) groups is 1. The van der Waals surface area contributed by atoms with Crippen LogP contribution in [0.25, 0.3) is 17.3 Å². The molecule has 3 aromatic rings. The predicted octanol–water partition coefficient (Wildman–Crippen LogP) is 2.38. The zero-order valence-electron chi connectivity index (χ0n) is 18.7. The maximum atomic E-state index is 13.5. The Morgan fingerprint density at radius 2 is 1.76 bits per heavy atom. The Kier molecular flexibility index (Phi) is 6.87. The molecule has 1 aliphatic rings. The first-order valence-electron chi connectivity index (χ1n) is 10.9. The Labute approximate surface area is 196 Å². The van der Waals surface area contributed by atoms with Gasteiger partial charge in [-0.3, -0.25) is 14.2 Å². The van der Waals surface area contributed by atoms with Crippen LogP contribution in [0.15, 0.2) is 59.4 Å². The second-order valence-electron chi connectivity index (χ2n) is 8.10. The summed E-state index contributed by atoms with van der Waals surface area (Å²) in [6, 6.07) is 19.3. The van der Waals surface area contributed by atoms with E-state index in [2.05, 4.69) is 19.9 Å². The molecule has 0 aliphatic carbocycles. The number of carbonyl (C=O) groups excluding carboxylic acids is 1. The zero-order chi connectivity index (χ0) is 23.4. The molecule has 6 nitrogen and oxygen atoms in total. The Hall–Kier alpha value is -3.47. The first-order valence-corrected chi connectivity index (χ1v) is 11.7. The summed E-state index contributed by atoms with van der Waals surface area (Å²) in [5.41, 5.74) is 2.38. The van der Waals surface area contributed by atoms with E-state index >= 15 is 0 Å². The van der Waals surface area contributed by atoms with Gasteiger partial charge in [-0.2, -0.15) is 5.26 Å². The van der Waals surface area contributed by atoms with E-state index in [9.17, 15) is 14.9 Å². The van der Waals surface area contributed by atoms with Crippen LogP contribution in [0.1, 0.15) is 30.9 Å². The molecular formula is C26H25N3O3S. The van der Waals surface area contributed by atoms with Crippen molar-refractivity contribution in [2.24, 2.45) is 0 Å². The monoisotopic (exact) mass is 459 g/mol. The van der Waals surface area contributed by atoms with Gasteiger partial charge in [0.15, 0.2) is 5.57 Å². The molecule has 0 spiro atoms. The van der Waals surface area contributed by atoms with Gasteiger partial charge in [0.1, 0.15) is 10.7 Å². The van der Waals surface area contributed by atoms with Crippen LogP contribution in [0.2, 0.25) is 0 Å². The molecule has 0 radical (unpaired) electrons. The van der Waals surface area contributed by atoms with Gasteiger partial charge in [-0.1, -0.05) is 56.3 Å². The Balaban J connectivity index is 1.96. The number of thiazole rings is 1. The van der Waals surface area contributed by atoms with E-state index in [-0.39, 0.29) is 17.0 Å². The smallest absolute Gasteiger partial charge is 0.273 e. The summed E-state index contributed by atoms with van der Waals surface area (Å²) < 4.78 is 7.64. The number of amides is 1. The standard InChI is InChI=1S/C26H25N3O3S/c1-18(2)20-8-10-21(11-9-20)29-25(31)23(16-19-6-4-3-5-7-19)33-26(29)22(17-27)24(30)28-12-14-32-15-13-28/h3-11,16,18H,12-15H2,1-2H3/b23-16+,26-22-. The van der Waals surface area contributed by atoms with Gasteiger partial charge in [0.2, 0.25) is 0 Å². The first kappa shape index (κ1) is 22.7. The highest BCUT2D eigenvalue weighted by molar-refractivity contribution is 7.07. The van der Waals surface area contributed by atoms with Crippen LogP contribution in [0, 0.1) is 11.3 Å². The molecule has 0 bridgehead atoms. The van der Waals surface area contributed by atoms with E-state index in [4.69, 9.17) is 4.74 Å². The quantitative estimate of drug-likeness (QED) is 0.600. The molecule has 0 N–H and O–H groups in total. The SMILES string of the molecule is CC(C)c1ccc(-n2c(=O)/c(=C\c3ccccc3)s/c2=C(/C#N)C(=O)N2CCOCC2)cc1. The largest absolute Gasteiger partial charge is 0.378 e. The summed E-state index contributed by atoms with van der Waals surface area (Å²) in [5, 5.41) is 9.97.